The Balaban J connectivity index is 0. The second-order valence-corrected chi connectivity index (χ2v) is 3.96. The van der Waals surface area contributed by atoms with Crippen LogP contribution in [-0.2, 0) is 14.3 Å². The maximum absolute atomic E-state index is 11.3. The van der Waals surface area contributed by atoms with E-state index in [1.165, 1.54) is 18.2 Å². The summed E-state index contributed by atoms with van der Waals surface area (Å²) in [5.41, 5.74) is 0. The SMILES string of the molecule is C=CCOS(=O)(=O)c1ccccc1.[H-].[Na+]. The van der Waals surface area contributed by atoms with Crippen molar-refractivity contribution >= 4 is 10.1 Å². The summed E-state index contributed by atoms with van der Waals surface area (Å²) in [7, 11) is -3.59. The summed E-state index contributed by atoms with van der Waals surface area (Å²) in [5.74, 6) is 0. The number of rotatable bonds is 4. The first kappa shape index (κ1) is 13.9. The third kappa shape index (κ3) is 3.94. The van der Waals surface area contributed by atoms with E-state index in [9.17, 15) is 8.42 Å². The van der Waals surface area contributed by atoms with E-state index < -0.39 is 10.1 Å². The topological polar surface area (TPSA) is 43.4 Å². The Morgan fingerprint density at radius 2 is 1.93 bits per heavy atom. The first-order valence-corrected chi connectivity index (χ1v) is 5.13. The van der Waals surface area contributed by atoms with E-state index >= 15 is 0 Å². The second kappa shape index (κ2) is 6.37. The molecule has 0 heterocycles. The van der Waals surface area contributed by atoms with Gasteiger partial charge in [-0.15, -0.1) is 6.58 Å². The van der Waals surface area contributed by atoms with E-state index in [2.05, 4.69) is 10.8 Å². The van der Waals surface area contributed by atoms with E-state index in [0.29, 0.717) is 0 Å². The van der Waals surface area contributed by atoms with Crippen LogP contribution in [0.3, 0.4) is 0 Å². The Morgan fingerprint density at radius 1 is 1.36 bits per heavy atom. The van der Waals surface area contributed by atoms with Gasteiger partial charge in [-0.05, 0) is 12.1 Å². The number of hydrogen-bond acceptors (Lipinski definition) is 3. The monoisotopic (exact) mass is 222 g/mol. The molecular weight excluding hydrogens is 211 g/mol. The molecule has 1 aromatic rings. The molecule has 1 rings (SSSR count). The zero-order chi connectivity index (χ0) is 9.73. The predicted octanol–water partition coefficient (Wildman–Crippen LogP) is -1.31. The zero-order valence-electron chi connectivity index (χ0n) is 9.01. The molecule has 3 nitrogen and oxygen atoms in total. The van der Waals surface area contributed by atoms with Crippen LogP contribution >= 0.6 is 0 Å². The number of hydrogen-bond donors (Lipinski definition) is 0. The summed E-state index contributed by atoms with van der Waals surface area (Å²) in [6.45, 7) is 3.37. The van der Waals surface area contributed by atoms with Crippen LogP contribution in [0.15, 0.2) is 47.9 Å². The van der Waals surface area contributed by atoms with Crippen LogP contribution in [0, 0.1) is 0 Å². The van der Waals surface area contributed by atoms with E-state index in [0.717, 1.165) is 0 Å². The molecule has 0 bridgehead atoms. The zero-order valence-corrected chi connectivity index (χ0v) is 10.8. The van der Waals surface area contributed by atoms with Crippen LogP contribution in [0.1, 0.15) is 1.43 Å². The fraction of sp³-hybridized carbons (Fsp3) is 0.111. The fourth-order valence-electron chi connectivity index (χ4n) is 0.793. The van der Waals surface area contributed by atoms with Crippen molar-refractivity contribution in [3.63, 3.8) is 0 Å². The Morgan fingerprint density at radius 3 is 2.43 bits per heavy atom. The second-order valence-electron chi connectivity index (χ2n) is 2.34. The summed E-state index contributed by atoms with van der Waals surface area (Å²) in [4.78, 5) is 0.164. The minimum atomic E-state index is -3.59. The van der Waals surface area contributed by atoms with Gasteiger partial charge in [-0.2, -0.15) is 8.42 Å². The van der Waals surface area contributed by atoms with Crippen LogP contribution in [0.25, 0.3) is 0 Å². The molecule has 0 fully saturated rings. The van der Waals surface area contributed by atoms with E-state index in [4.69, 9.17) is 0 Å². The third-order valence-electron chi connectivity index (χ3n) is 1.37. The maximum atomic E-state index is 11.3. The number of benzene rings is 1. The Labute approximate surface area is 108 Å². The van der Waals surface area contributed by atoms with Crippen LogP contribution in [-0.4, -0.2) is 15.0 Å². The van der Waals surface area contributed by atoms with Gasteiger partial charge >= 0.3 is 29.6 Å². The molecule has 1 aromatic carbocycles. The van der Waals surface area contributed by atoms with Crippen LogP contribution < -0.4 is 29.6 Å². The van der Waals surface area contributed by atoms with Crippen LogP contribution in [0.5, 0.6) is 0 Å². The molecule has 0 radical (unpaired) electrons. The smallest absolute Gasteiger partial charge is 1.00 e. The van der Waals surface area contributed by atoms with Gasteiger partial charge in [-0.1, -0.05) is 24.3 Å². The fourth-order valence-corrected chi connectivity index (χ4v) is 1.69. The summed E-state index contributed by atoms with van der Waals surface area (Å²) in [6, 6.07) is 8.00. The van der Waals surface area contributed by atoms with Crippen molar-refractivity contribution in [3.8, 4) is 0 Å². The minimum absolute atomic E-state index is 0. The molecule has 14 heavy (non-hydrogen) atoms. The third-order valence-corrected chi connectivity index (χ3v) is 2.67. The Bertz CT molecular complexity index is 378. The van der Waals surface area contributed by atoms with Gasteiger partial charge in [0.05, 0.1) is 11.5 Å². The van der Waals surface area contributed by atoms with Crippen molar-refractivity contribution in [3.05, 3.63) is 43.0 Å². The first-order valence-electron chi connectivity index (χ1n) is 3.72. The van der Waals surface area contributed by atoms with Gasteiger partial charge < -0.3 is 1.43 Å². The molecule has 0 aliphatic carbocycles. The van der Waals surface area contributed by atoms with Gasteiger partial charge in [-0.25, -0.2) is 0 Å². The van der Waals surface area contributed by atoms with Gasteiger partial charge in [0.1, 0.15) is 0 Å². The van der Waals surface area contributed by atoms with Gasteiger partial charge in [-0.3, -0.25) is 4.18 Å². The molecule has 0 aromatic heterocycles. The molecule has 0 N–H and O–H groups in total. The standard InChI is InChI=1S/C9H10O3S.Na.H/c1-2-8-12-13(10,11)9-6-4-3-5-7-9;;/h2-7H,1,8H2;;/q;+1;-1. The van der Waals surface area contributed by atoms with Gasteiger partial charge in [0.15, 0.2) is 0 Å². The molecule has 0 saturated heterocycles. The van der Waals surface area contributed by atoms with Gasteiger partial charge in [0.2, 0.25) is 0 Å². The van der Waals surface area contributed by atoms with E-state index in [1.807, 2.05) is 0 Å². The molecule has 0 spiro atoms. The Kier molecular flexibility index (Phi) is 6.31. The predicted molar refractivity (Wildman–Crippen MR) is 50.9 cm³/mol. The van der Waals surface area contributed by atoms with Crippen LogP contribution in [0.2, 0.25) is 0 Å². The molecule has 0 aliphatic rings. The normalized spacial score (nSPS) is 10.3. The quantitative estimate of drug-likeness (QED) is 0.361. The van der Waals surface area contributed by atoms with E-state index in [-0.39, 0.29) is 42.5 Å². The molecule has 5 heteroatoms. The average Bonchev–Trinajstić information content (AvgIpc) is 2.16. The average molecular weight is 222 g/mol. The molecule has 72 valence electrons. The van der Waals surface area contributed by atoms with Crippen molar-refractivity contribution in [2.45, 2.75) is 4.90 Å². The van der Waals surface area contributed by atoms with E-state index in [1.54, 1.807) is 18.2 Å². The molecule has 0 amide bonds. The van der Waals surface area contributed by atoms with Gasteiger partial charge in [0.25, 0.3) is 10.1 Å². The summed E-state index contributed by atoms with van der Waals surface area (Å²) >= 11 is 0. The summed E-state index contributed by atoms with van der Waals surface area (Å²) in [5, 5.41) is 0. The van der Waals surface area contributed by atoms with Gasteiger partial charge in [0, 0.05) is 0 Å². The molecule has 0 unspecified atom stereocenters. The molecule has 0 aliphatic heterocycles. The van der Waals surface area contributed by atoms with Crippen molar-refractivity contribution in [1.29, 1.82) is 0 Å². The molecule has 0 saturated carbocycles. The first-order chi connectivity index (χ1) is 6.17. The largest absolute Gasteiger partial charge is 1.00 e. The summed E-state index contributed by atoms with van der Waals surface area (Å²) in [6.07, 6.45) is 1.39. The molecule has 0 atom stereocenters. The summed E-state index contributed by atoms with van der Waals surface area (Å²) < 4.78 is 27.3. The molecular formula is C9H11NaO3S. The van der Waals surface area contributed by atoms with Crippen LogP contribution in [0.4, 0.5) is 0 Å². The van der Waals surface area contributed by atoms with Crippen molar-refractivity contribution < 1.29 is 43.6 Å². The Hall–Kier alpha value is -0.130. The maximum Gasteiger partial charge on any atom is 1.00 e. The van der Waals surface area contributed by atoms with Crippen molar-refractivity contribution in [2.75, 3.05) is 6.61 Å². The van der Waals surface area contributed by atoms with Crippen molar-refractivity contribution in [2.24, 2.45) is 0 Å². The van der Waals surface area contributed by atoms with Crippen molar-refractivity contribution in [1.82, 2.24) is 0 Å². The minimum Gasteiger partial charge on any atom is -1.00 e.